The monoisotopic (exact) mass is 378 g/mol. The van der Waals surface area contributed by atoms with Crippen LogP contribution in [0.3, 0.4) is 0 Å². The van der Waals surface area contributed by atoms with Crippen molar-refractivity contribution >= 4 is 11.5 Å². The normalized spacial score (nSPS) is 19.7. The van der Waals surface area contributed by atoms with E-state index in [9.17, 15) is 13.2 Å². The highest BCUT2D eigenvalue weighted by molar-refractivity contribution is 5.84. The van der Waals surface area contributed by atoms with E-state index in [1.807, 2.05) is 6.07 Å². The van der Waals surface area contributed by atoms with E-state index in [2.05, 4.69) is 25.7 Å². The first-order valence-electron chi connectivity index (χ1n) is 8.43. The molecule has 4 heterocycles. The van der Waals surface area contributed by atoms with E-state index in [-0.39, 0.29) is 11.8 Å². The summed E-state index contributed by atoms with van der Waals surface area (Å²) in [6, 6.07) is 3.23. The van der Waals surface area contributed by atoms with Crippen LogP contribution in [-0.2, 0) is 0 Å². The number of pyridine rings is 1. The Morgan fingerprint density at radius 1 is 1.26 bits per heavy atom. The third-order valence-electron chi connectivity index (χ3n) is 4.27. The molecule has 1 fully saturated rings. The molecule has 0 saturated carbocycles. The molecule has 1 aliphatic heterocycles. The molecule has 3 aromatic heterocycles. The van der Waals surface area contributed by atoms with Gasteiger partial charge in [0.25, 0.3) is 6.43 Å². The van der Waals surface area contributed by atoms with Gasteiger partial charge >= 0.3 is 0 Å². The molecule has 3 aromatic rings. The molecule has 27 heavy (non-hydrogen) atoms. The van der Waals surface area contributed by atoms with Crippen molar-refractivity contribution in [2.75, 3.05) is 25.0 Å². The van der Waals surface area contributed by atoms with E-state index >= 15 is 0 Å². The van der Waals surface area contributed by atoms with Crippen molar-refractivity contribution in [2.24, 2.45) is 0 Å². The molecular formula is C17H17F3N6O. The Morgan fingerprint density at radius 2 is 2.15 bits per heavy atom. The van der Waals surface area contributed by atoms with Crippen LogP contribution in [0.2, 0.25) is 0 Å². The molecule has 2 N–H and O–H groups in total. The Kier molecular flexibility index (Phi) is 4.80. The molecule has 0 amide bonds. The molecule has 0 aliphatic carbocycles. The lowest BCUT2D eigenvalue weighted by Gasteiger charge is -2.17. The van der Waals surface area contributed by atoms with Crippen LogP contribution in [-0.4, -0.2) is 57.9 Å². The Hall–Kier alpha value is -2.88. The Morgan fingerprint density at radius 3 is 2.93 bits per heavy atom. The van der Waals surface area contributed by atoms with Gasteiger partial charge in [0.05, 0.1) is 30.2 Å². The van der Waals surface area contributed by atoms with Crippen LogP contribution in [0.15, 0.2) is 36.9 Å². The van der Waals surface area contributed by atoms with E-state index in [0.29, 0.717) is 30.1 Å². The molecule has 1 saturated heterocycles. The van der Waals surface area contributed by atoms with E-state index in [1.165, 1.54) is 16.9 Å². The minimum absolute atomic E-state index is 0.194. The zero-order valence-corrected chi connectivity index (χ0v) is 14.1. The molecule has 0 radical (unpaired) electrons. The van der Waals surface area contributed by atoms with Crippen LogP contribution in [0.25, 0.3) is 16.8 Å². The standard InChI is InChI=1S/C17H17F3N6O/c18-13-6-21-7-14(13)25-16-11(2-1-3-22-16)12-5-24-26-8-10(4-23-17(12)26)27-9-15(19)20/h1-5,8,13-15,21H,6-7,9H2,(H,22,25)/t13-,14-/m0/s1. The van der Waals surface area contributed by atoms with Gasteiger partial charge in [0.2, 0.25) is 0 Å². The largest absolute Gasteiger partial charge is 0.484 e. The summed E-state index contributed by atoms with van der Waals surface area (Å²) in [7, 11) is 0. The minimum atomic E-state index is -2.57. The summed E-state index contributed by atoms with van der Waals surface area (Å²) in [4.78, 5) is 8.60. The van der Waals surface area contributed by atoms with Gasteiger partial charge in [-0.2, -0.15) is 5.10 Å². The molecule has 0 aromatic carbocycles. The highest BCUT2D eigenvalue weighted by atomic mass is 19.3. The maximum atomic E-state index is 13.9. The maximum absolute atomic E-state index is 13.9. The second-order valence-corrected chi connectivity index (χ2v) is 6.14. The maximum Gasteiger partial charge on any atom is 0.272 e. The van der Waals surface area contributed by atoms with Gasteiger partial charge in [0.15, 0.2) is 11.4 Å². The van der Waals surface area contributed by atoms with Gasteiger partial charge in [-0.1, -0.05) is 0 Å². The number of nitrogens with one attached hydrogen (secondary N) is 2. The fraction of sp³-hybridized carbons (Fsp3) is 0.353. The predicted octanol–water partition coefficient (Wildman–Crippen LogP) is 2.16. The van der Waals surface area contributed by atoms with Crippen LogP contribution in [0.1, 0.15) is 0 Å². The van der Waals surface area contributed by atoms with Gasteiger partial charge in [-0.3, -0.25) is 0 Å². The molecule has 2 atom stereocenters. The fourth-order valence-electron chi connectivity index (χ4n) is 2.98. The van der Waals surface area contributed by atoms with Crippen LogP contribution in [0.5, 0.6) is 5.75 Å². The SMILES string of the molecule is FC(F)COc1cnc2c(-c3cccnc3N[C@H]3CNC[C@@H]3F)cnn2c1. The minimum Gasteiger partial charge on any atom is -0.484 e. The number of halogens is 3. The van der Waals surface area contributed by atoms with Crippen LogP contribution in [0, 0.1) is 0 Å². The van der Waals surface area contributed by atoms with Gasteiger partial charge in [-0.25, -0.2) is 27.7 Å². The number of alkyl halides is 3. The third kappa shape index (κ3) is 3.65. The van der Waals surface area contributed by atoms with Crippen LogP contribution in [0.4, 0.5) is 19.0 Å². The van der Waals surface area contributed by atoms with Crippen molar-refractivity contribution in [1.82, 2.24) is 24.9 Å². The van der Waals surface area contributed by atoms with Gasteiger partial charge in [0, 0.05) is 24.8 Å². The third-order valence-corrected chi connectivity index (χ3v) is 4.27. The van der Waals surface area contributed by atoms with E-state index in [1.54, 1.807) is 18.5 Å². The van der Waals surface area contributed by atoms with Gasteiger partial charge in [0.1, 0.15) is 18.6 Å². The molecule has 7 nitrogen and oxygen atoms in total. The number of hydrogen-bond acceptors (Lipinski definition) is 6. The highest BCUT2D eigenvalue weighted by Crippen LogP contribution is 2.30. The second kappa shape index (κ2) is 7.39. The second-order valence-electron chi connectivity index (χ2n) is 6.14. The Bertz CT molecular complexity index is 934. The number of nitrogens with zero attached hydrogens (tertiary/aromatic N) is 4. The molecule has 142 valence electrons. The van der Waals surface area contributed by atoms with Gasteiger partial charge < -0.3 is 15.4 Å². The summed E-state index contributed by atoms with van der Waals surface area (Å²) in [6.07, 6.45) is 2.50. The first kappa shape index (κ1) is 17.5. The molecule has 1 aliphatic rings. The lowest BCUT2D eigenvalue weighted by molar-refractivity contribution is 0.0814. The number of hydrogen-bond donors (Lipinski definition) is 2. The zero-order valence-electron chi connectivity index (χ0n) is 14.1. The van der Waals surface area contributed by atoms with Crippen molar-refractivity contribution in [3.8, 4) is 16.9 Å². The summed E-state index contributed by atoms with van der Waals surface area (Å²) < 4.78 is 44.9. The lowest BCUT2D eigenvalue weighted by Crippen LogP contribution is -2.29. The van der Waals surface area contributed by atoms with E-state index in [0.717, 1.165) is 5.56 Å². The number of fused-ring (bicyclic) bond motifs is 1. The molecule has 0 spiro atoms. The highest BCUT2D eigenvalue weighted by Gasteiger charge is 2.27. The summed E-state index contributed by atoms with van der Waals surface area (Å²) in [6.45, 7) is 0.104. The molecular weight excluding hydrogens is 361 g/mol. The quantitative estimate of drug-likeness (QED) is 0.685. The summed E-state index contributed by atoms with van der Waals surface area (Å²) in [5.41, 5.74) is 1.92. The van der Waals surface area contributed by atoms with Gasteiger partial charge in [-0.05, 0) is 12.1 Å². The van der Waals surface area contributed by atoms with Crippen molar-refractivity contribution in [3.63, 3.8) is 0 Å². The number of anilines is 1. The summed E-state index contributed by atoms with van der Waals surface area (Å²) >= 11 is 0. The lowest BCUT2D eigenvalue weighted by atomic mass is 10.1. The van der Waals surface area contributed by atoms with Crippen molar-refractivity contribution in [2.45, 2.75) is 18.6 Å². The van der Waals surface area contributed by atoms with Crippen molar-refractivity contribution in [1.29, 1.82) is 0 Å². The van der Waals surface area contributed by atoms with E-state index in [4.69, 9.17) is 4.74 Å². The Balaban J connectivity index is 1.64. The molecule has 4 rings (SSSR count). The van der Waals surface area contributed by atoms with Crippen molar-refractivity contribution in [3.05, 3.63) is 36.9 Å². The first-order valence-corrected chi connectivity index (χ1v) is 8.43. The Labute approximate surface area is 152 Å². The molecule has 0 unspecified atom stereocenters. The van der Waals surface area contributed by atoms with Crippen molar-refractivity contribution < 1.29 is 17.9 Å². The van der Waals surface area contributed by atoms with Gasteiger partial charge in [-0.15, -0.1) is 0 Å². The fourth-order valence-corrected chi connectivity index (χ4v) is 2.98. The number of aromatic nitrogens is 4. The summed E-state index contributed by atoms with van der Waals surface area (Å²) in [5.74, 6) is 0.725. The van der Waals surface area contributed by atoms with Crippen LogP contribution >= 0.6 is 0 Å². The number of ether oxygens (including phenoxy) is 1. The number of rotatable bonds is 6. The average molecular weight is 378 g/mol. The van der Waals surface area contributed by atoms with E-state index < -0.39 is 19.2 Å². The smallest absolute Gasteiger partial charge is 0.272 e. The zero-order chi connectivity index (χ0) is 18.8. The average Bonchev–Trinajstić information content (AvgIpc) is 3.26. The first-order chi connectivity index (χ1) is 13.1. The van der Waals surface area contributed by atoms with Crippen LogP contribution < -0.4 is 15.4 Å². The molecule has 0 bridgehead atoms. The predicted molar refractivity (Wildman–Crippen MR) is 92.9 cm³/mol. The molecule has 10 heteroatoms. The topological polar surface area (TPSA) is 76.4 Å². The summed E-state index contributed by atoms with van der Waals surface area (Å²) in [5, 5.41) is 10.3.